The molecule has 0 aromatic rings. The van der Waals surface area contributed by atoms with Crippen molar-refractivity contribution < 1.29 is 19.7 Å². The molecule has 5 heteroatoms. The third-order valence-corrected chi connectivity index (χ3v) is 5.01. The van der Waals surface area contributed by atoms with Crippen molar-refractivity contribution in [1.29, 1.82) is 0 Å². The SMILES string of the molecule is CC1CCCCC1OCC(O)CNCC1(O)CCOC1C. The molecule has 1 heterocycles. The molecule has 1 aliphatic carbocycles. The summed E-state index contributed by atoms with van der Waals surface area (Å²) in [6.45, 7) is 5.97. The first kappa shape index (κ1) is 17.2. The van der Waals surface area contributed by atoms with Crippen molar-refractivity contribution in [3.05, 3.63) is 0 Å². The second-order valence-corrected chi connectivity index (χ2v) is 6.78. The topological polar surface area (TPSA) is 71.0 Å². The van der Waals surface area contributed by atoms with Gasteiger partial charge in [0.1, 0.15) is 5.60 Å². The quantitative estimate of drug-likeness (QED) is 0.656. The zero-order valence-corrected chi connectivity index (χ0v) is 13.4. The Kier molecular flexibility index (Phi) is 6.44. The molecule has 0 radical (unpaired) electrons. The number of nitrogens with one attached hydrogen (secondary N) is 1. The van der Waals surface area contributed by atoms with Crippen molar-refractivity contribution >= 4 is 0 Å². The second kappa shape index (κ2) is 7.88. The summed E-state index contributed by atoms with van der Waals surface area (Å²) in [5, 5.41) is 23.5. The molecule has 2 aliphatic rings. The molecule has 0 aromatic heterocycles. The van der Waals surface area contributed by atoms with E-state index in [1.807, 2.05) is 6.92 Å². The van der Waals surface area contributed by atoms with Gasteiger partial charge in [0.2, 0.25) is 0 Å². The molecule has 5 unspecified atom stereocenters. The molecule has 0 spiro atoms. The summed E-state index contributed by atoms with van der Waals surface area (Å²) in [7, 11) is 0. The molecule has 5 nitrogen and oxygen atoms in total. The third kappa shape index (κ3) is 4.89. The zero-order chi connectivity index (χ0) is 15.3. The monoisotopic (exact) mass is 301 g/mol. The molecule has 21 heavy (non-hydrogen) atoms. The van der Waals surface area contributed by atoms with Crippen LogP contribution in [0.25, 0.3) is 0 Å². The normalized spacial score (nSPS) is 38.6. The molecule has 1 saturated carbocycles. The lowest BCUT2D eigenvalue weighted by molar-refractivity contribution is -0.0499. The molecule has 0 aromatic carbocycles. The van der Waals surface area contributed by atoms with Gasteiger partial charge in [-0.2, -0.15) is 0 Å². The summed E-state index contributed by atoms with van der Waals surface area (Å²) in [5.41, 5.74) is -0.807. The van der Waals surface area contributed by atoms with Crippen LogP contribution >= 0.6 is 0 Å². The third-order valence-electron chi connectivity index (χ3n) is 5.01. The van der Waals surface area contributed by atoms with E-state index in [1.54, 1.807) is 0 Å². The van der Waals surface area contributed by atoms with Gasteiger partial charge in [0.25, 0.3) is 0 Å². The van der Waals surface area contributed by atoms with Crippen LogP contribution in [-0.2, 0) is 9.47 Å². The van der Waals surface area contributed by atoms with Crippen LogP contribution in [0.15, 0.2) is 0 Å². The van der Waals surface area contributed by atoms with E-state index in [0.717, 1.165) is 6.42 Å². The van der Waals surface area contributed by atoms with Crippen molar-refractivity contribution in [3.63, 3.8) is 0 Å². The number of hydrogen-bond donors (Lipinski definition) is 3. The average molecular weight is 301 g/mol. The summed E-state index contributed by atoms with van der Waals surface area (Å²) in [6.07, 6.45) is 5.12. The van der Waals surface area contributed by atoms with E-state index in [0.29, 0.717) is 44.7 Å². The van der Waals surface area contributed by atoms with Crippen LogP contribution in [0, 0.1) is 5.92 Å². The van der Waals surface area contributed by atoms with Crippen molar-refractivity contribution in [2.45, 2.75) is 69.9 Å². The smallest absolute Gasteiger partial charge is 0.105 e. The second-order valence-electron chi connectivity index (χ2n) is 6.78. The summed E-state index contributed by atoms with van der Waals surface area (Å²) >= 11 is 0. The van der Waals surface area contributed by atoms with Crippen molar-refractivity contribution in [2.75, 3.05) is 26.3 Å². The van der Waals surface area contributed by atoms with E-state index in [2.05, 4.69) is 12.2 Å². The number of aliphatic hydroxyl groups excluding tert-OH is 1. The van der Waals surface area contributed by atoms with Crippen LogP contribution < -0.4 is 5.32 Å². The fourth-order valence-electron chi connectivity index (χ4n) is 3.28. The van der Waals surface area contributed by atoms with Gasteiger partial charge in [0, 0.05) is 26.1 Å². The Balaban J connectivity index is 1.60. The van der Waals surface area contributed by atoms with Crippen LogP contribution in [0.5, 0.6) is 0 Å². The number of hydrogen-bond acceptors (Lipinski definition) is 5. The molecule has 0 amide bonds. The Bertz CT molecular complexity index is 315. The predicted octanol–water partition coefficient (Wildman–Crippen LogP) is 1.07. The van der Waals surface area contributed by atoms with Crippen LogP contribution in [0.2, 0.25) is 0 Å². The van der Waals surface area contributed by atoms with Crippen LogP contribution in [-0.4, -0.2) is 60.4 Å². The minimum atomic E-state index is -0.807. The van der Waals surface area contributed by atoms with Crippen molar-refractivity contribution in [2.24, 2.45) is 5.92 Å². The summed E-state index contributed by atoms with van der Waals surface area (Å²) in [6, 6.07) is 0. The highest BCUT2D eigenvalue weighted by Crippen LogP contribution is 2.26. The zero-order valence-electron chi connectivity index (χ0n) is 13.4. The minimum absolute atomic E-state index is 0.151. The Hall–Kier alpha value is -0.200. The lowest BCUT2D eigenvalue weighted by Gasteiger charge is -2.30. The van der Waals surface area contributed by atoms with Gasteiger partial charge in [-0.15, -0.1) is 0 Å². The highest BCUT2D eigenvalue weighted by molar-refractivity contribution is 4.91. The van der Waals surface area contributed by atoms with E-state index in [1.165, 1.54) is 19.3 Å². The van der Waals surface area contributed by atoms with Crippen LogP contribution in [0.4, 0.5) is 0 Å². The van der Waals surface area contributed by atoms with Gasteiger partial charge in [-0.3, -0.25) is 0 Å². The van der Waals surface area contributed by atoms with Crippen molar-refractivity contribution in [3.8, 4) is 0 Å². The average Bonchev–Trinajstić information content (AvgIpc) is 2.78. The van der Waals surface area contributed by atoms with E-state index in [-0.39, 0.29) is 6.10 Å². The largest absolute Gasteiger partial charge is 0.389 e. The van der Waals surface area contributed by atoms with Crippen LogP contribution in [0.3, 0.4) is 0 Å². The molecule has 1 saturated heterocycles. The molecule has 0 bridgehead atoms. The fraction of sp³-hybridized carbons (Fsp3) is 1.00. The van der Waals surface area contributed by atoms with Gasteiger partial charge in [-0.1, -0.05) is 19.8 Å². The van der Waals surface area contributed by atoms with Crippen molar-refractivity contribution in [1.82, 2.24) is 5.32 Å². The van der Waals surface area contributed by atoms with Crippen LogP contribution in [0.1, 0.15) is 46.0 Å². The molecular weight excluding hydrogens is 270 g/mol. The predicted molar refractivity (Wildman–Crippen MR) is 81.2 cm³/mol. The Labute approximate surface area is 128 Å². The molecule has 2 fully saturated rings. The number of ether oxygens (including phenoxy) is 2. The van der Waals surface area contributed by atoms with Gasteiger partial charge in [-0.05, 0) is 25.7 Å². The number of aliphatic hydroxyl groups is 2. The molecule has 5 atom stereocenters. The van der Waals surface area contributed by atoms with E-state index in [4.69, 9.17) is 9.47 Å². The first-order valence-corrected chi connectivity index (χ1v) is 8.35. The molecule has 124 valence electrons. The van der Waals surface area contributed by atoms with Gasteiger partial charge in [0.15, 0.2) is 0 Å². The molecule has 1 aliphatic heterocycles. The highest BCUT2D eigenvalue weighted by atomic mass is 16.5. The van der Waals surface area contributed by atoms with E-state index >= 15 is 0 Å². The van der Waals surface area contributed by atoms with Gasteiger partial charge in [0.05, 0.1) is 24.9 Å². The lowest BCUT2D eigenvalue weighted by atomic mass is 9.88. The maximum Gasteiger partial charge on any atom is 0.105 e. The first-order chi connectivity index (χ1) is 10.0. The Morgan fingerprint density at radius 2 is 2.10 bits per heavy atom. The van der Waals surface area contributed by atoms with Gasteiger partial charge >= 0.3 is 0 Å². The standard InChI is InChI=1S/C16H31NO4/c1-12-5-3-4-6-15(12)21-10-14(18)9-17-11-16(19)7-8-20-13(16)2/h12-15,17-19H,3-11H2,1-2H3. The minimum Gasteiger partial charge on any atom is -0.389 e. The molecular formula is C16H31NO4. The van der Waals surface area contributed by atoms with E-state index in [9.17, 15) is 10.2 Å². The fourth-order valence-corrected chi connectivity index (χ4v) is 3.28. The highest BCUT2D eigenvalue weighted by Gasteiger charge is 2.39. The first-order valence-electron chi connectivity index (χ1n) is 8.35. The summed E-state index contributed by atoms with van der Waals surface area (Å²) in [4.78, 5) is 0. The Morgan fingerprint density at radius 1 is 1.33 bits per heavy atom. The summed E-state index contributed by atoms with van der Waals surface area (Å²) < 4.78 is 11.2. The molecule has 3 N–H and O–H groups in total. The maximum atomic E-state index is 10.3. The molecule has 2 rings (SSSR count). The van der Waals surface area contributed by atoms with Gasteiger partial charge < -0.3 is 25.0 Å². The maximum absolute atomic E-state index is 10.3. The number of rotatable bonds is 7. The lowest BCUT2D eigenvalue weighted by Crippen LogP contribution is -2.48. The van der Waals surface area contributed by atoms with E-state index < -0.39 is 11.7 Å². The Morgan fingerprint density at radius 3 is 2.76 bits per heavy atom. The van der Waals surface area contributed by atoms with Gasteiger partial charge in [-0.25, -0.2) is 0 Å². The summed E-state index contributed by atoms with van der Waals surface area (Å²) in [5.74, 6) is 0.594.